The number of rotatable bonds is 4. The molecule has 0 aliphatic rings. The van der Waals surface area contributed by atoms with Crippen LogP contribution in [0.2, 0.25) is 0 Å². The van der Waals surface area contributed by atoms with Crippen molar-refractivity contribution >= 4 is 11.8 Å². The van der Waals surface area contributed by atoms with Gasteiger partial charge in [0.15, 0.2) is 0 Å². The molecule has 2 N–H and O–H groups in total. The van der Waals surface area contributed by atoms with E-state index in [-0.39, 0.29) is 0 Å². The Labute approximate surface area is 105 Å². The van der Waals surface area contributed by atoms with Crippen LogP contribution in [0.15, 0.2) is 47.5 Å². The molecule has 4 heteroatoms. The summed E-state index contributed by atoms with van der Waals surface area (Å²) in [6.07, 6.45) is 3.75. The molecule has 0 fully saturated rings. The summed E-state index contributed by atoms with van der Waals surface area (Å²) in [4.78, 5) is 5.34. The molecule has 0 radical (unpaired) electrons. The highest BCUT2D eigenvalue weighted by Gasteiger charge is 1.99. The minimum atomic E-state index is 0.419. The molecule has 0 saturated heterocycles. The van der Waals surface area contributed by atoms with Crippen molar-refractivity contribution in [2.24, 2.45) is 5.73 Å². The average Bonchev–Trinajstić information content (AvgIpc) is 2.40. The van der Waals surface area contributed by atoms with Gasteiger partial charge in [0, 0.05) is 23.7 Å². The Morgan fingerprint density at radius 1 is 1.18 bits per heavy atom. The van der Waals surface area contributed by atoms with Crippen LogP contribution in [0, 0.1) is 0 Å². The number of benzene rings is 1. The van der Waals surface area contributed by atoms with Gasteiger partial charge in [-0.25, -0.2) is 0 Å². The average molecular weight is 246 g/mol. The van der Waals surface area contributed by atoms with Crippen LogP contribution in [0.3, 0.4) is 0 Å². The molecule has 0 spiro atoms. The number of nitrogens with two attached hydrogens (primary N) is 1. The summed E-state index contributed by atoms with van der Waals surface area (Å²) in [5.41, 5.74) is 6.35. The van der Waals surface area contributed by atoms with Gasteiger partial charge in [-0.15, -0.1) is 11.8 Å². The van der Waals surface area contributed by atoms with Gasteiger partial charge in [0.1, 0.15) is 11.5 Å². The Hall–Kier alpha value is -1.52. The maximum atomic E-state index is 5.72. The highest BCUT2D eigenvalue weighted by atomic mass is 32.2. The van der Waals surface area contributed by atoms with Crippen LogP contribution in [0.1, 0.15) is 5.69 Å². The fraction of sp³-hybridized carbons (Fsp3) is 0.154. The SMILES string of the molecule is CSc1ccc(Oc2ccnc(CN)c2)cc1. The van der Waals surface area contributed by atoms with E-state index < -0.39 is 0 Å². The number of hydrogen-bond acceptors (Lipinski definition) is 4. The Kier molecular flexibility index (Phi) is 4.01. The molecule has 1 heterocycles. The molecule has 17 heavy (non-hydrogen) atoms. The van der Waals surface area contributed by atoms with Gasteiger partial charge in [-0.2, -0.15) is 0 Å². The third kappa shape index (κ3) is 3.22. The zero-order chi connectivity index (χ0) is 12.1. The zero-order valence-electron chi connectivity index (χ0n) is 9.59. The molecular weight excluding hydrogens is 232 g/mol. The number of thioether (sulfide) groups is 1. The summed E-state index contributed by atoms with van der Waals surface area (Å²) in [5.74, 6) is 1.58. The van der Waals surface area contributed by atoms with Crippen molar-refractivity contribution in [1.82, 2.24) is 4.98 Å². The predicted octanol–water partition coefficient (Wildman–Crippen LogP) is 3.05. The topological polar surface area (TPSA) is 48.1 Å². The first-order valence-corrected chi connectivity index (χ1v) is 6.51. The summed E-state index contributed by atoms with van der Waals surface area (Å²) in [6.45, 7) is 0.419. The van der Waals surface area contributed by atoms with E-state index in [1.54, 1.807) is 18.0 Å². The second-order valence-electron chi connectivity index (χ2n) is 3.46. The number of hydrogen-bond donors (Lipinski definition) is 1. The van der Waals surface area contributed by atoms with Crippen LogP contribution < -0.4 is 10.5 Å². The van der Waals surface area contributed by atoms with Gasteiger partial charge in [0.25, 0.3) is 0 Å². The van der Waals surface area contributed by atoms with E-state index in [2.05, 4.69) is 4.98 Å². The number of aromatic nitrogens is 1. The zero-order valence-corrected chi connectivity index (χ0v) is 10.4. The third-order valence-corrected chi connectivity index (χ3v) is 3.04. The lowest BCUT2D eigenvalue weighted by Gasteiger charge is -2.06. The van der Waals surface area contributed by atoms with Crippen LogP contribution in [-0.4, -0.2) is 11.2 Å². The molecule has 1 aromatic heterocycles. The van der Waals surface area contributed by atoms with Crippen molar-refractivity contribution in [2.75, 3.05) is 6.26 Å². The minimum absolute atomic E-state index is 0.419. The van der Waals surface area contributed by atoms with Gasteiger partial charge < -0.3 is 10.5 Å². The monoisotopic (exact) mass is 246 g/mol. The number of pyridine rings is 1. The standard InChI is InChI=1S/C13H14N2OS/c1-17-13-4-2-11(3-5-13)16-12-6-7-15-10(8-12)9-14/h2-8H,9,14H2,1H3. The summed E-state index contributed by atoms with van der Waals surface area (Å²) < 4.78 is 5.72. The molecule has 2 rings (SSSR count). The largest absolute Gasteiger partial charge is 0.457 e. The summed E-state index contributed by atoms with van der Waals surface area (Å²) in [6, 6.07) is 11.6. The Balaban J connectivity index is 2.13. The minimum Gasteiger partial charge on any atom is -0.457 e. The molecule has 0 unspecified atom stereocenters. The van der Waals surface area contributed by atoms with Gasteiger partial charge in [-0.05, 0) is 36.6 Å². The van der Waals surface area contributed by atoms with Crippen molar-refractivity contribution in [2.45, 2.75) is 11.4 Å². The smallest absolute Gasteiger partial charge is 0.130 e. The fourth-order valence-corrected chi connectivity index (χ4v) is 1.82. The van der Waals surface area contributed by atoms with Gasteiger partial charge in [-0.3, -0.25) is 4.98 Å². The number of nitrogens with zero attached hydrogens (tertiary/aromatic N) is 1. The summed E-state index contributed by atoms with van der Waals surface area (Å²) in [5, 5.41) is 0. The van der Waals surface area contributed by atoms with E-state index in [9.17, 15) is 0 Å². The predicted molar refractivity (Wildman–Crippen MR) is 70.4 cm³/mol. The van der Waals surface area contributed by atoms with Gasteiger partial charge >= 0.3 is 0 Å². The first kappa shape index (κ1) is 12.0. The lowest BCUT2D eigenvalue weighted by atomic mass is 10.3. The van der Waals surface area contributed by atoms with Crippen LogP contribution in [0.5, 0.6) is 11.5 Å². The summed E-state index contributed by atoms with van der Waals surface area (Å²) in [7, 11) is 0. The van der Waals surface area contributed by atoms with Crippen molar-refractivity contribution in [3.63, 3.8) is 0 Å². The van der Waals surface area contributed by atoms with Crippen molar-refractivity contribution in [1.29, 1.82) is 0 Å². The molecule has 1 aromatic carbocycles. The van der Waals surface area contributed by atoms with E-state index in [0.717, 1.165) is 17.2 Å². The molecule has 88 valence electrons. The lowest BCUT2D eigenvalue weighted by molar-refractivity contribution is 0.480. The van der Waals surface area contributed by atoms with Crippen molar-refractivity contribution < 1.29 is 4.74 Å². The van der Waals surface area contributed by atoms with Crippen LogP contribution in [0.4, 0.5) is 0 Å². The Morgan fingerprint density at radius 3 is 2.59 bits per heavy atom. The molecular formula is C13H14N2OS. The van der Waals surface area contributed by atoms with E-state index in [4.69, 9.17) is 10.5 Å². The van der Waals surface area contributed by atoms with E-state index >= 15 is 0 Å². The highest BCUT2D eigenvalue weighted by Crippen LogP contribution is 2.24. The van der Waals surface area contributed by atoms with Crippen molar-refractivity contribution in [3.05, 3.63) is 48.3 Å². The Bertz CT molecular complexity index is 485. The molecule has 0 saturated carbocycles. The van der Waals surface area contributed by atoms with E-state index in [1.165, 1.54) is 4.90 Å². The Morgan fingerprint density at radius 2 is 1.94 bits per heavy atom. The second-order valence-corrected chi connectivity index (χ2v) is 4.34. The highest BCUT2D eigenvalue weighted by molar-refractivity contribution is 7.98. The number of ether oxygens (including phenoxy) is 1. The maximum Gasteiger partial charge on any atom is 0.130 e. The van der Waals surface area contributed by atoms with Gasteiger partial charge in [0.2, 0.25) is 0 Å². The van der Waals surface area contributed by atoms with Crippen LogP contribution in [0.25, 0.3) is 0 Å². The molecule has 0 aliphatic carbocycles. The molecule has 3 nitrogen and oxygen atoms in total. The first-order valence-electron chi connectivity index (χ1n) is 5.28. The van der Waals surface area contributed by atoms with Crippen LogP contribution in [-0.2, 0) is 6.54 Å². The first-order chi connectivity index (χ1) is 8.31. The van der Waals surface area contributed by atoms with Gasteiger partial charge in [-0.1, -0.05) is 0 Å². The second kappa shape index (κ2) is 5.70. The summed E-state index contributed by atoms with van der Waals surface area (Å²) >= 11 is 1.71. The third-order valence-electron chi connectivity index (χ3n) is 2.29. The lowest BCUT2D eigenvalue weighted by Crippen LogP contribution is -1.99. The molecule has 2 aromatic rings. The maximum absolute atomic E-state index is 5.72. The molecule has 0 amide bonds. The fourth-order valence-electron chi connectivity index (χ4n) is 1.41. The van der Waals surface area contributed by atoms with Crippen molar-refractivity contribution in [3.8, 4) is 11.5 Å². The molecule has 0 atom stereocenters. The molecule has 0 bridgehead atoms. The van der Waals surface area contributed by atoms with Gasteiger partial charge in [0.05, 0.1) is 5.69 Å². The quantitative estimate of drug-likeness (QED) is 0.842. The molecule has 0 aliphatic heterocycles. The van der Waals surface area contributed by atoms with E-state index in [1.807, 2.05) is 42.7 Å². The van der Waals surface area contributed by atoms with Crippen LogP contribution >= 0.6 is 11.8 Å². The normalized spacial score (nSPS) is 10.2. The van der Waals surface area contributed by atoms with E-state index in [0.29, 0.717) is 6.54 Å².